The van der Waals surface area contributed by atoms with Crippen LogP contribution in [0, 0.1) is 6.92 Å². The molecule has 1 aromatic heterocycles. The molecule has 8 heteroatoms. The molecule has 1 atom stereocenters. The van der Waals surface area contributed by atoms with E-state index >= 15 is 0 Å². The average molecular weight is 349 g/mol. The van der Waals surface area contributed by atoms with Crippen molar-refractivity contribution in [2.45, 2.75) is 18.8 Å². The third kappa shape index (κ3) is 3.89. The number of aryl methyl sites for hydroxylation is 1. The number of morpholine rings is 1. The zero-order valence-electron chi connectivity index (χ0n) is 13.3. The molecule has 1 saturated heterocycles. The number of nitrogens with zero attached hydrogens (tertiary/aromatic N) is 2. The zero-order chi connectivity index (χ0) is 17.2. The van der Waals surface area contributed by atoms with Gasteiger partial charge in [0.05, 0.1) is 18.1 Å². The van der Waals surface area contributed by atoms with Gasteiger partial charge in [-0.15, -0.1) is 0 Å². The van der Waals surface area contributed by atoms with E-state index in [9.17, 15) is 13.2 Å². The molecule has 2 heterocycles. The van der Waals surface area contributed by atoms with Crippen LogP contribution in [0.25, 0.3) is 0 Å². The van der Waals surface area contributed by atoms with Crippen LogP contribution in [-0.2, 0) is 20.5 Å². The normalized spacial score (nSPS) is 19.3. The lowest BCUT2D eigenvalue weighted by Crippen LogP contribution is -2.43. The van der Waals surface area contributed by atoms with Gasteiger partial charge in [0.2, 0.25) is 10.0 Å². The number of sulfonamides is 1. The first-order chi connectivity index (χ1) is 11.4. The van der Waals surface area contributed by atoms with E-state index in [2.05, 4.69) is 9.97 Å². The van der Waals surface area contributed by atoms with Crippen LogP contribution in [0.3, 0.4) is 0 Å². The minimum atomic E-state index is -3.46. The van der Waals surface area contributed by atoms with Crippen LogP contribution in [0.1, 0.15) is 23.2 Å². The van der Waals surface area contributed by atoms with Crippen LogP contribution in [-0.4, -0.2) is 42.4 Å². The van der Waals surface area contributed by atoms with Crippen molar-refractivity contribution in [3.63, 3.8) is 0 Å². The van der Waals surface area contributed by atoms with E-state index in [4.69, 9.17) is 4.74 Å². The summed E-state index contributed by atoms with van der Waals surface area (Å²) < 4.78 is 32.3. The van der Waals surface area contributed by atoms with Crippen molar-refractivity contribution in [2.75, 3.05) is 19.7 Å². The molecule has 1 aliphatic heterocycles. The fraction of sp³-hybridized carbons (Fsp3) is 0.375. The smallest absolute Gasteiger partial charge is 0.251 e. The fourth-order valence-corrected chi connectivity index (χ4v) is 4.21. The van der Waals surface area contributed by atoms with Gasteiger partial charge in [0.25, 0.3) is 5.56 Å². The summed E-state index contributed by atoms with van der Waals surface area (Å²) in [6.45, 7) is 2.41. The Labute approximate surface area is 140 Å². The Kier molecular flexibility index (Phi) is 4.79. The van der Waals surface area contributed by atoms with Crippen LogP contribution in [0.15, 0.2) is 41.2 Å². The molecular formula is C16H19N3O4S. The predicted molar refractivity (Wildman–Crippen MR) is 88.9 cm³/mol. The molecular weight excluding hydrogens is 330 g/mol. The Hall–Kier alpha value is -2.03. The van der Waals surface area contributed by atoms with Gasteiger partial charge in [0, 0.05) is 19.2 Å². The molecule has 3 rings (SSSR count). The van der Waals surface area contributed by atoms with Crippen LogP contribution < -0.4 is 5.56 Å². The molecule has 0 amide bonds. The molecule has 1 aromatic carbocycles. The minimum absolute atomic E-state index is 0.0532. The van der Waals surface area contributed by atoms with E-state index in [-0.39, 0.29) is 24.5 Å². The molecule has 0 bridgehead atoms. The van der Waals surface area contributed by atoms with E-state index in [0.717, 1.165) is 5.56 Å². The van der Waals surface area contributed by atoms with Crippen molar-refractivity contribution in [1.82, 2.24) is 14.3 Å². The summed E-state index contributed by atoms with van der Waals surface area (Å²) in [5.74, 6) is 0.424. The standard InChI is InChI=1S/C16H19N3O4S/c1-12-17-14(9-16(20)18-12)15-10-19(7-8-23-15)24(21,22)11-13-5-3-2-4-6-13/h2-6,9,15H,7-8,10-11H2,1H3,(H,17,18,20). The van der Waals surface area contributed by atoms with Crippen molar-refractivity contribution >= 4 is 10.0 Å². The Morgan fingerprint density at radius 1 is 1.33 bits per heavy atom. The lowest BCUT2D eigenvalue weighted by Gasteiger charge is -2.31. The van der Waals surface area contributed by atoms with Gasteiger partial charge in [-0.25, -0.2) is 13.4 Å². The molecule has 2 aromatic rings. The molecule has 0 spiro atoms. The van der Waals surface area contributed by atoms with Crippen LogP contribution >= 0.6 is 0 Å². The Bertz CT molecular complexity index is 864. The summed E-state index contributed by atoms with van der Waals surface area (Å²) in [7, 11) is -3.46. The molecule has 1 N–H and O–H groups in total. The average Bonchev–Trinajstić information content (AvgIpc) is 2.55. The van der Waals surface area contributed by atoms with Crippen molar-refractivity contribution in [3.05, 3.63) is 63.8 Å². The molecule has 1 fully saturated rings. The number of nitrogens with one attached hydrogen (secondary N) is 1. The third-order valence-electron chi connectivity index (χ3n) is 3.82. The topological polar surface area (TPSA) is 92.4 Å². The first kappa shape index (κ1) is 16.8. The fourth-order valence-electron chi connectivity index (χ4n) is 2.70. The summed E-state index contributed by atoms with van der Waals surface area (Å²) in [5, 5.41) is 0. The second kappa shape index (κ2) is 6.84. The lowest BCUT2D eigenvalue weighted by molar-refractivity contribution is -0.00520. The lowest BCUT2D eigenvalue weighted by atomic mass is 10.2. The second-order valence-electron chi connectivity index (χ2n) is 5.71. The van der Waals surface area contributed by atoms with Gasteiger partial charge in [-0.3, -0.25) is 4.79 Å². The molecule has 7 nitrogen and oxygen atoms in total. The highest BCUT2D eigenvalue weighted by Gasteiger charge is 2.31. The largest absolute Gasteiger partial charge is 0.369 e. The number of aromatic amines is 1. The number of hydrogen-bond acceptors (Lipinski definition) is 5. The van der Waals surface area contributed by atoms with Crippen LogP contribution in [0.5, 0.6) is 0 Å². The summed E-state index contributed by atoms with van der Waals surface area (Å²) in [6.07, 6.45) is -0.537. The van der Waals surface area contributed by atoms with E-state index in [0.29, 0.717) is 18.1 Å². The minimum Gasteiger partial charge on any atom is -0.369 e. The maximum absolute atomic E-state index is 12.6. The van der Waals surface area contributed by atoms with Crippen molar-refractivity contribution in [3.8, 4) is 0 Å². The predicted octanol–water partition coefficient (Wildman–Crippen LogP) is 0.982. The number of ether oxygens (including phenoxy) is 1. The second-order valence-corrected chi connectivity index (χ2v) is 7.68. The number of aromatic nitrogens is 2. The van der Waals surface area contributed by atoms with Gasteiger partial charge in [-0.2, -0.15) is 4.31 Å². The molecule has 0 radical (unpaired) electrons. The number of benzene rings is 1. The van der Waals surface area contributed by atoms with Gasteiger partial charge in [0.15, 0.2) is 0 Å². The van der Waals surface area contributed by atoms with Gasteiger partial charge in [-0.1, -0.05) is 30.3 Å². The Morgan fingerprint density at radius 3 is 2.79 bits per heavy atom. The molecule has 1 unspecified atom stereocenters. The van der Waals surface area contributed by atoms with E-state index in [1.54, 1.807) is 19.1 Å². The Balaban J connectivity index is 1.78. The number of rotatable bonds is 4. The van der Waals surface area contributed by atoms with E-state index < -0.39 is 16.1 Å². The third-order valence-corrected chi connectivity index (χ3v) is 5.64. The highest BCUT2D eigenvalue weighted by atomic mass is 32.2. The zero-order valence-corrected chi connectivity index (χ0v) is 14.1. The maximum atomic E-state index is 12.6. The van der Waals surface area contributed by atoms with Gasteiger partial charge >= 0.3 is 0 Å². The van der Waals surface area contributed by atoms with Crippen LogP contribution in [0.4, 0.5) is 0 Å². The first-order valence-electron chi connectivity index (χ1n) is 7.65. The monoisotopic (exact) mass is 349 g/mol. The molecule has 128 valence electrons. The van der Waals surface area contributed by atoms with E-state index in [1.807, 2.05) is 18.2 Å². The van der Waals surface area contributed by atoms with Gasteiger partial charge in [-0.05, 0) is 12.5 Å². The molecule has 0 saturated carbocycles. The number of H-pyrrole nitrogens is 1. The van der Waals surface area contributed by atoms with Gasteiger partial charge < -0.3 is 9.72 Å². The van der Waals surface area contributed by atoms with Crippen molar-refractivity contribution in [1.29, 1.82) is 0 Å². The van der Waals surface area contributed by atoms with Crippen molar-refractivity contribution in [2.24, 2.45) is 0 Å². The molecule has 0 aliphatic carbocycles. The quantitative estimate of drug-likeness (QED) is 0.888. The molecule has 1 aliphatic rings. The maximum Gasteiger partial charge on any atom is 0.251 e. The SMILES string of the molecule is Cc1nc(C2CN(S(=O)(=O)Cc3ccccc3)CCO2)cc(=O)[nH]1. The van der Waals surface area contributed by atoms with Crippen molar-refractivity contribution < 1.29 is 13.2 Å². The first-order valence-corrected chi connectivity index (χ1v) is 9.26. The summed E-state index contributed by atoms with van der Waals surface area (Å²) in [6, 6.07) is 10.4. The molecule has 24 heavy (non-hydrogen) atoms. The van der Waals surface area contributed by atoms with Gasteiger partial charge in [0.1, 0.15) is 11.9 Å². The van der Waals surface area contributed by atoms with E-state index in [1.165, 1.54) is 10.4 Å². The summed E-state index contributed by atoms with van der Waals surface area (Å²) >= 11 is 0. The highest BCUT2D eigenvalue weighted by molar-refractivity contribution is 7.88. The van der Waals surface area contributed by atoms with Crippen LogP contribution in [0.2, 0.25) is 0 Å². The summed E-state index contributed by atoms with van der Waals surface area (Å²) in [4.78, 5) is 18.4. The Morgan fingerprint density at radius 2 is 2.08 bits per heavy atom. The summed E-state index contributed by atoms with van der Waals surface area (Å²) in [5.41, 5.74) is 0.923. The highest BCUT2D eigenvalue weighted by Crippen LogP contribution is 2.23. The number of hydrogen-bond donors (Lipinski definition) is 1.